The van der Waals surface area contributed by atoms with E-state index in [1.54, 1.807) is 0 Å². The van der Waals surface area contributed by atoms with Gasteiger partial charge in [-0.25, -0.2) is 0 Å². The summed E-state index contributed by atoms with van der Waals surface area (Å²) in [5.74, 6) is 0.734. The monoisotopic (exact) mass is 316 g/mol. The van der Waals surface area contributed by atoms with E-state index >= 15 is 0 Å². The van der Waals surface area contributed by atoms with Gasteiger partial charge in [-0.3, -0.25) is 4.90 Å². The van der Waals surface area contributed by atoms with Gasteiger partial charge in [0, 0.05) is 10.9 Å². The maximum atomic E-state index is 3.58. The molecular weight excluding hydrogens is 296 g/mol. The summed E-state index contributed by atoms with van der Waals surface area (Å²) in [4.78, 5) is 4.04. The Morgan fingerprint density at radius 3 is 2.94 bits per heavy atom. The molecule has 2 rings (SSSR count). The molecule has 1 aromatic heterocycles. The molecule has 1 aromatic rings. The Hall–Kier alpha value is 0.1000. The van der Waals surface area contributed by atoms with Crippen LogP contribution in [0.4, 0.5) is 0 Å². The third-order valence-electron chi connectivity index (χ3n) is 3.61. The molecule has 0 aliphatic carbocycles. The molecule has 2 atom stereocenters. The number of likely N-dealkylation sites (tertiary alicyclic amines) is 1. The fourth-order valence-electron chi connectivity index (χ4n) is 2.84. The summed E-state index contributed by atoms with van der Waals surface area (Å²) in [6.07, 6.45) is 4.03. The quantitative estimate of drug-likeness (QED) is 0.918. The highest BCUT2D eigenvalue weighted by atomic mass is 79.9. The van der Waals surface area contributed by atoms with Gasteiger partial charge < -0.3 is 5.32 Å². The molecule has 0 saturated carbocycles. The maximum Gasteiger partial charge on any atom is 0.0701 e. The van der Waals surface area contributed by atoms with Gasteiger partial charge in [0.25, 0.3) is 0 Å². The van der Waals surface area contributed by atoms with E-state index in [1.807, 2.05) is 11.3 Å². The molecule has 0 spiro atoms. The van der Waals surface area contributed by atoms with Gasteiger partial charge in [0.05, 0.1) is 3.79 Å². The predicted octanol–water partition coefficient (Wildman–Crippen LogP) is 3.50. The lowest BCUT2D eigenvalue weighted by atomic mass is 9.93. The van der Waals surface area contributed by atoms with Crippen LogP contribution < -0.4 is 5.32 Å². The summed E-state index contributed by atoms with van der Waals surface area (Å²) >= 11 is 5.47. The van der Waals surface area contributed by atoms with Crippen LogP contribution in [0.1, 0.15) is 30.2 Å². The van der Waals surface area contributed by atoms with Crippen molar-refractivity contribution in [3.63, 3.8) is 0 Å². The molecule has 0 amide bonds. The van der Waals surface area contributed by atoms with Crippen molar-refractivity contribution < 1.29 is 0 Å². The molecule has 2 heterocycles. The van der Waals surface area contributed by atoms with E-state index in [0.29, 0.717) is 6.04 Å². The standard InChI is InChI=1S/C13H21BrN2S/c1-15-9-10-5-3-4-8-16(2)13(10)11-6-7-12(14)17-11/h6-7,10,13,15H,3-5,8-9H2,1-2H3. The number of hydrogen-bond acceptors (Lipinski definition) is 3. The van der Waals surface area contributed by atoms with E-state index in [0.717, 1.165) is 12.5 Å². The molecule has 17 heavy (non-hydrogen) atoms. The average molecular weight is 317 g/mol. The number of halogens is 1. The van der Waals surface area contributed by atoms with E-state index in [4.69, 9.17) is 0 Å². The number of rotatable bonds is 3. The molecule has 0 radical (unpaired) electrons. The summed E-state index contributed by atoms with van der Waals surface area (Å²) in [6.45, 7) is 2.34. The number of nitrogens with zero attached hydrogens (tertiary/aromatic N) is 1. The molecule has 2 unspecified atom stereocenters. The van der Waals surface area contributed by atoms with Crippen LogP contribution in [0, 0.1) is 5.92 Å². The van der Waals surface area contributed by atoms with E-state index in [-0.39, 0.29) is 0 Å². The van der Waals surface area contributed by atoms with Crippen molar-refractivity contribution in [2.45, 2.75) is 25.3 Å². The zero-order valence-corrected chi connectivity index (χ0v) is 13.0. The summed E-state index contributed by atoms with van der Waals surface area (Å²) in [7, 11) is 4.33. The summed E-state index contributed by atoms with van der Waals surface area (Å²) in [6, 6.07) is 5.04. The fourth-order valence-corrected chi connectivity index (χ4v) is 4.52. The van der Waals surface area contributed by atoms with Gasteiger partial charge in [-0.05, 0) is 74.0 Å². The van der Waals surface area contributed by atoms with E-state index in [2.05, 4.69) is 52.4 Å². The normalized spacial score (nSPS) is 27.0. The first-order valence-corrected chi connectivity index (χ1v) is 7.93. The Kier molecular flexibility index (Phi) is 5.03. The lowest BCUT2D eigenvalue weighted by Gasteiger charge is -2.31. The molecule has 0 bridgehead atoms. The molecule has 1 aliphatic heterocycles. The van der Waals surface area contributed by atoms with Gasteiger partial charge in [-0.2, -0.15) is 0 Å². The van der Waals surface area contributed by atoms with E-state index < -0.39 is 0 Å². The van der Waals surface area contributed by atoms with Crippen LogP contribution in [0.2, 0.25) is 0 Å². The minimum atomic E-state index is 0.584. The maximum absolute atomic E-state index is 3.58. The molecule has 2 nitrogen and oxygen atoms in total. The summed E-state index contributed by atoms with van der Waals surface area (Å²) in [5, 5.41) is 3.36. The zero-order valence-electron chi connectivity index (χ0n) is 10.6. The minimum absolute atomic E-state index is 0.584. The van der Waals surface area contributed by atoms with Gasteiger partial charge in [0.2, 0.25) is 0 Å². The Bertz CT molecular complexity index is 353. The van der Waals surface area contributed by atoms with Crippen molar-refractivity contribution in [1.82, 2.24) is 10.2 Å². The molecule has 0 aromatic carbocycles. The van der Waals surface area contributed by atoms with Crippen molar-refractivity contribution in [2.24, 2.45) is 5.92 Å². The SMILES string of the molecule is CNCC1CCCCN(C)C1c1ccc(Br)s1. The summed E-state index contributed by atoms with van der Waals surface area (Å²) in [5.41, 5.74) is 0. The zero-order chi connectivity index (χ0) is 12.3. The van der Waals surface area contributed by atoms with Crippen molar-refractivity contribution >= 4 is 27.3 Å². The lowest BCUT2D eigenvalue weighted by molar-refractivity contribution is 0.194. The first-order valence-electron chi connectivity index (χ1n) is 6.32. The highest BCUT2D eigenvalue weighted by molar-refractivity contribution is 9.11. The van der Waals surface area contributed by atoms with E-state index in [9.17, 15) is 0 Å². The number of hydrogen-bond donors (Lipinski definition) is 1. The van der Waals surface area contributed by atoms with Crippen LogP contribution in [0.15, 0.2) is 15.9 Å². The first kappa shape index (κ1) is 13.5. The highest BCUT2D eigenvalue weighted by Gasteiger charge is 2.29. The highest BCUT2D eigenvalue weighted by Crippen LogP contribution is 2.38. The molecular formula is C13H21BrN2S. The van der Waals surface area contributed by atoms with Gasteiger partial charge >= 0.3 is 0 Å². The molecule has 1 aliphatic rings. The molecule has 4 heteroatoms. The van der Waals surface area contributed by atoms with Gasteiger partial charge in [-0.15, -0.1) is 11.3 Å². The van der Waals surface area contributed by atoms with Crippen LogP contribution in [0.3, 0.4) is 0 Å². The van der Waals surface area contributed by atoms with Crippen LogP contribution in [0.5, 0.6) is 0 Å². The van der Waals surface area contributed by atoms with Crippen LogP contribution in [0.25, 0.3) is 0 Å². The molecule has 96 valence electrons. The Morgan fingerprint density at radius 2 is 2.29 bits per heavy atom. The van der Waals surface area contributed by atoms with Crippen molar-refractivity contribution in [2.75, 3.05) is 27.2 Å². The third kappa shape index (κ3) is 3.31. The van der Waals surface area contributed by atoms with Crippen LogP contribution >= 0.6 is 27.3 Å². The van der Waals surface area contributed by atoms with Gasteiger partial charge in [0.1, 0.15) is 0 Å². The first-order chi connectivity index (χ1) is 8.22. The molecule has 1 saturated heterocycles. The smallest absolute Gasteiger partial charge is 0.0701 e. The topological polar surface area (TPSA) is 15.3 Å². The van der Waals surface area contributed by atoms with E-state index in [1.165, 1.54) is 34.5 Å². The number of nitrogens with one attached hydrogen (secondary N) is 1. The Labute approximate surface area is 117 Å². The largest absolute Gasteiger partial charge is 0.319 e. The Balaban J connectivity index is 2.22. The lowest BCUT2D eigenvalue weighted by Crippen LogP contribution is -2.33. The van der Waals surface area contributed by atoms with Gasteiger partial charge in [-0.1, -0.05) is 6.42 Å². The fraction of sp³-hybridized carbons (Fsp3) is 0.692. The van der Waals surface area contributed by atoms with Crippen LogP contribution in [-0.4, -0.2) is 32.1 Å². The number of thiophene rings is 1. The minimum Gasteiger partial charge on any atom is -0.319 e. The second-order valence-corrected chi connectivity index (χ2v) is 7.38. The van der Waals surface area contributed by atoms with Crippen molar-refractivity contribution in [3.8, 4) is 0 Å². The second kappa shape index (κ2) is 6.32. The van der Waals surface area contributed by atoms with Crippen molar-refractivity contribution in [1.29, 1.82) is 0 Å². The average Bonchev–Trinajstić information content (AvgIpc) is 2.62. The van der Waals surface area contributed by atoms with Gasteiger partial charge in [0.15, 0.2) is 0 Å². The summed E-state index contributed by atoms with van der Waals surface area (Å²) < 4.78 is 1.24. The molecule has 1 fully saturated rings. The van der Waals surface area contributed by atoms with Crippen molar-refractivity contribution in [3.05, 3.63) is 20.8 Å². The second-order valence-electron chi connectivity index (χ2n) is 4.88. The van der Waals surface area contributed by atoms with Crippen LogP contribution in [-0.2, 0) is 0 Å². The predicted molar refractivity (Wildman–Crippen MR) is 78.7 cm³/mol. The third-order valence-corrected chi connectivity index (χ3v) is 5.30. The molecule has 1 N–H and O–H groups in total. The Morgan fingerprint density at radius 1 is 1.47 bits per heavy atom.